The Hall–Kier alpha value is -3.12. The number of carbonyl (C=O) groups is 5. The number of aryl methyl sites for hydroxylation is 1. The van der Waals surface area contributed by atoms with Crippen LogP contribution >= 0.6 is 11.6 Å². The van der Waals surface area contributed by atoms with Crippen LogP contribution in [0.4, 0.5) is 0 Å². The molecule has 2 rings (SSSR count). The Kier molecular flexibility index (Phi) is 11.8. The molecule has 1 N–H and O–H groups in total. The van der Waals surface area contributed by atoms with Gasteiger partial charge in [0.15, 0.2) is 17.3 Å². The molecular weight excluding hydrogens is 514 g/mol. The van der Waals surface area contributed by atoms with E-state index in [1.165, 1.54) is 0 Å². The third-order valence-corrected chi connectivity index (χ3v) is 7.30. The van der Waals surface area contributed by atoms with Crippen LogP contribution in [-0.4, -0.2) is 35.1 Å². The Bertz CT molecular complexity index is 1180. The lowest BCUT2D eigenvalue weighted by atomic mass is 9.76. The van der Waals surface area contributed by atoms with E-state index >= 15 is 0 Å². The Labute approximate surface area is 236 Å². The fourth-order valence-corrected chi connectivity index (χ4v) is 4.60. The molecule has 0 spiro atoms. The van der Waals surface area contributed by atoms with Crippen molar-refractivity contribution in [3.05, 3.63) is 70.7 Å². The fraction of sp³-hybridized carbons (Fsp3) is 0.469. The topological polar surface area (TPSA) is 97.4 Å². The summed E-state index contributed by atoms with van der Waals surface area (Å²) < 4.78 is 0. The van der Waals surface area contributed by atoms with Crippen LogP contribution in [0.15, 0.2) is 54.6 Å². The van der Waals surface area contributed by atoms with Gasteiger partial charge >= 0.3 is 0 Å². The number of rotatable bonds is 14. The quantitative estimate of drug-likeness (QED) is 0.226. The second kappa shape index (κ2) is 14.3. The van der Waals surface area contributed by atoms with Gasteiger partial charge in [-0.2, -0.15) is 0 Å². The third-order valence-electron chi connectivity index (χ3n) is 7.06. The SMILES string of the molecule is CC(C)[C@H](CC(=O)[C@H](C)NC(=O)[C@@H](CC(=O)c1cccc(Cl)c1)C(C)(C)C)C(=O)C(=O)CCc1ccccc1. The highest BCUT2D eigenvalue weighted by molar-refractivity contribution is 6.38. The van der Waals surface area contributed by atoms with E-state index in [0.717, 1.165) is 5.56 Å². The van der Waals surface area contributed by atoms with E-state index in [1.807, 2.05) is 51.1 Å². The summed E-state index contributed by atoms with van der Waals surface area (Å²) in [7, 11) is 0. The van der Waals surface area contributed by atoms with E-state index in [4.69, 9.17) is 11.6 Å². The van der Waals surface area contributed by atoms with Crippen LogP contribution in [0.3, 0.4) is 0 Å². The average molecular weight is 554 g/mol. The molecule has 0 aromatic heterocycles. The van der Waals surface area contributed by atoms with Crippen molar-refractivity contribution in [3.63, 3.8) is 0 Å². The number of hydrogen-bond donors (Lipinski definition) is 1. The minimum Gasteiger partial charge on any atom is -0.346 e. The first kappa shape index (κ1) is 32.1. The van der Waals surface area contributed by atoms with Gasteiger partial charge in [-0.25, -0.2) is 0 Å². The number of ketones is 4. The number of carbonyl (C=O) groups excluding carboxylic acids is 5. The van der Waals surface area contributed by atoms with E-state index in [0.29, 0.717) is 17.0 Å². The maximum atomic E-state index is 13.3. The summed E-state index contributed by atoms with van der Waals surface area (Å²) in [6.07, 6.45) is 0.357. The molecule has 0 aliphatic heterocycles. The molecule has 0 saturated carbocycles. The van der Waals surface area contributed by atoms with E-state index in [-0.39, 0.29) is 36.7 Å². The summed E-state index contributed by atoms with van der Waals surface area (Å²) in [6.45, 7) is 10.8. The predicted octanol–water partition coefficient (Wildman–Crippen LogP) is 6.08. The molecule has 0 aliphatic rings. The molecular formula is C32H40ClNO5. The summed E-state index contributed by atoms with van der Waals surface area (Å²) in [6, 6.07) is 15.1. The largest absolute Gasteiger partial charge is 0.346 e. The zero-order chi connectivity index (χ0) is 29.3. The van der Waals surface area contributed by atoms with Gasteiger partial charge in [-0.3, -0.25) is 24.0 Å². The number of hydrogen-bond acceptors (Lipinski definition) is 5. The van der Waals surface area contributed by atoms with Gasteiger partial charge in [0.25, 0.3) is 0 Å². The highest BCUT2D eigenvalue weighted by Gasteiger charge is 2.36. The zero-order valence-corrected chi connectivity index (χ0v) is 24.5. The molecule has 7 heteroatoms. The van der Waals surface area contributed by atoms with Crippen molar-refractivity contribution >= 4 is 40.6 Å². The van der Waals surface area contributed by atoms with Crippen molar-refractivity contribution in [2.75, 3.05) is 0 Å². The minimum absolute atomic E-state index is 0.0421. The van der Waals surface area contributed by atoms with Crippen LogP contribution in [0.1, 0.15) is 76.7 Å². The molecule has 2 aromatic rings. The lowest BCUT2D eigenvalue weighted by molar-refractivity contribution is -0.141. The maximum absolute atomic E-state index is 13.3. The monoisotopic (exact) mass is 553 g/mol. The number of Topliss-reactive ketones (excluding diaryl/α,β-unsaturated/α-hetero) is 4. The first-order valence-corrected chi connectivity index (χ1v) is 13.8. The normalized spacial score (nSPS) is 13.8. The Morgan fingerprint density at radius 3 is 2.08 bits per heavy atom. The average Bonchev–Trinajstić information content (AvgIpc) is 2.87. The van der Waals surface area contributed by atoms with Crippen molar-refractivity contribution in [3.8, 4) is 0 Å². The fourth-order valence-electron chi connectivity index (χ4n) is 4.41. The standard InChI is InChI=1S/C32H40ClNO5/c1-20(2)25(30(38)27(35)16-15-22-11-8-7-9-12-22)18-28(36)21(3)34-31(39)26(32(4,5)6)19-29(37)23-13-10-14-24(33)17-23/h7-14,17,20-21,25-26H,15-16,18-19H2,1-6H3,(H,34,39)/t21-,25-,26+/m0/s1. The van der Waals surface area contributed by atoms with E-state index in [1.54, 1.807) is 45.0 Å². The maximum Gasteiger partial charge on any atom is 0.224 e. The van der Waals surface area contributed by atoms with Gasteiger partial charge in [-0.15, -0.1) is 0 Å². The van der Waals surface area contributed by atoms with Crippen molar-refractivity contribution in [2.45, 2.75) is 73.3 Å². The second-order valence-electron chi connectivity index (χ2n) is 11.6. The van der Waals surface area contributed by atoms with Gasteiger partial charge in [0.05, 0.1) is 12.0 Å². The molecule has 0 unspecified atom stereocenters. The third kappa shape index (κ3) is 9.85. The highest BCUT2D eigenvalue weighted by atomic mass is 35.5. The van der Waals surface area contributed by atoms with Crippen LogP contribution in [0.2, 0.25) is 5.02 Å². The molecule has 3 atom stereocenters. The number of halogens is 1. The Balaban J connectivity index is 2.04. The zero-order valence-electron chi connectivity index (χ0n) is 23.8. The minimum atomic E-state index is -0.878. The first-order valence-electron chi connectivity index (χ1n) is 13.4. The van der Waals surface area contributed by atoms with Crippen molar-refractivity contribution in [2.24, 2.45) is 23.2 Å². The van der Waals surface area contributed by atoms with E-state index in [2.05, 4.69) is 5.32 Å². The van der Waals surface area contributed by atoms with Gasteiger partial charge in [0, 0.05) is 35.8 Å². The molecule has 39 heavy (non-hydrogen) atoms. The van der Waals surface area contributed by atoms with Crippen molar-refractivity contribution in [1.82, 2.24) is 5.32 Å². The van der Waals surface area contributed by atoms with Crippen molar-refractivity contribution < 1.29 is 24.0 Å². The molecule has 0 fully saturated rings. The summed E-state index contributed by atoms with van der Waals surface area (Å²) in [5.74, 6) is -3.68. The summed E-state index contributed by atoms with van der Waals surface area (Å²) >= 11 is 6.02. The van der Waals surface area contributed by atoms with Gasteiger partial charge in [0.1, 0.15) is 0 Å². The van der Waals surface area contributed by atoms with Crippen LogP contribution in [0.25, 0.3) is 0 Å². The first-order chi connectivity index (χ1) is 18.2. The van der Waals surface area contributed by atoms with E-state index in [9.17, 15) is 24.0 Å². The van der Waals surface area contributed by atoms with Crippen LogP contribution in [0, 0.1) is 23.2 Å². The molecule has 0 saturated heterocycles. The molecule has 210 valence electrons. The highest BCUT2D eigenvalue weighted by Crippen LogP contribution is 2.31. The van der Waals surface area contributed by atoms with Crippen LogP contribution in [0.5, 0.6) is 0 Å². The number of nitrogens with one attached hydrogen (secondary N) is 1. The van der Waals surface area contributed by atoms with Gasteiger partial charge < -0.3 is 5.32 Å². The predicted molar refractivity (Wildman–Crippen MR) is 154 cm³/mol. The number of amides is 1. The molecule has 6 nitrogen and oxygen atoms in total. The van der Waals surface area contributed by atoms with Crippen molar-refractivity contribution in [1.29, 1.82) is 0 Å². The lowest BCUT2D eigenvalue weighted by Gasteiger charge is -2.30. The molecule has 1 amide bonds. The summed E-state index contributed by atoms with van der Waals surface area (Å²) in [5, 5.41) is 3.19. The second-order valence-corrected chi connectivity index (χ2v) is 12.0. The van der Waals surface area contributed by atoms with Crippen LogP contribution in [-0.2, 0) is 25.6 Å². The molecule has 2 aromatic carbocycles. The Morgan fingerprint density at radius 2 is 1.51 bits per heavy atom. The van der Waals surface area contributed by atoms with Gasteiger partial charge in [-0.1, -0.05) is 88.7 Å². The lowest BCUT2D eigenvalue weighted by Crippen LogP contribution is -2.46. The summed E-state index contributed by atoms with van der Waals surface area (Å²) in [4.78, 5) is 64.9. The van der Waals surface area contributed by atoms with E-state index < -0.39 is 40.8 Å². The number of benzene rings is 2. The molecule has 0 bridgehead atoms. The summed E-state index contributed by atoms with van der Waals surface area (Å²) in [5.41, 5.74) is 0.834. The van der Waals surface area contributed by atoms with Crippen LogP contribution < -0.4 is 5.32 Å². The Morgan fingerprint density at radius 1 is 0.872 bits per heavy atom. The molecule has 0 aliphatic carbocycles. The van der Waals surface area contributed by atoms with Gasteiger partial charge in [0.2, 0.25) is 11.7 Å². The molecule has 0 radical (unpaired) electrons. The smallest absolute Gasteiger partial charge is 0.224 e. The van der Waals surface area contributed by atoms with Gasteiger partial charge in [-0.05, 0) is 42.4 Å². The molecule has 0 heterocycles.